The second-order valence-electron chi connectivity index (χ2n) is 11.4. The van der Waals surface area contributed by atoms with Crippen molar-refractivity contribution < 1.29 is 4.42 Å². The molecule has 0 amide bonds. The lowest BCUT2D eigenvalue weighted by Crippen LogP contribution is -2.09. The molecule has 3 nitrogen and oxygen atoms in total. The third kappa shape index (κ3) is 4.42. The number of anilines is 6. The molecule has 9 aromatic rings. The van der Waals surface area contributed by atoms with Crippen molar-refractivity contribution in [2.75, 3.05) is 9.80 Å². The van der Waals surface area contributed by atoms with Crippen LogP contribution in [0.4, 0.5) is 34.1 Å². The summed E-state index contributed by atoms with van der Waals surface area (Å²) in [6.45, 7) is 0. The van der Waals surface area contributed by atoms with E-state index in [1.807, 2.05) is 23.5 Å². The van der Waals surface area contributed by atoms with Crippen LogP contribution in [0.3, 0.4) is 0 Å². The first-order chi connectivity index (χ1) is 22.8. The van der Waals surface area contributed by atoms with E-state index < -0.39 is 0 Å². The molecule has 0 fully saturated rings. The highest BCUT2D eigenvalue weighted by Crippen LogP contribution is 2.45. The van der Waals surface area contributed by atoms with Gasteiger partial charge in [-0.05, 0) is 78.9 Å². The van der Waals surface area contributed by atoms with E-state index in [9.17, 15) is 0 Å². The van der Waals surface area contributed by atoms with Crippen molar-refractivity contribution in [3.8, 4) is 0 Å². The summed E-state index contributed by atoms with van der Waals surface area (Å²) in [6, 6.07) is 60.0. The van der Waals surface area contributed by atoms with Crippen LogP contribution in [0.15, 0.2) is 174 Å². The van der Waals surface area contributed by atoms with Crippen molar-refractivity contribution in [1.82, 2.24) is 0 Å². The Morgan fingerprint density at radius 3 is 1.65 bits per heavy atom. The normalized spacial score (nSPS) is 11.5. The maximum absolute atomic E-state index is 6.69. The second kappa shape index (κ2) is 11.0. The van der Waals surface area contributed by atoms with E-state index in [0.29, 0.717) is 0 Å². The molecule has 0 spiro atoms. The van der Waals surface area contributed by atoms with Gasteiger partial charge in [0, 0.05) is 59.4 Å². The largest absolute Gasteiger partial charge is 0.454 e. The van der Waals surface area contributed by atoms with Gasteiger partial charge in [0.2, 0.25) is 0 Å². The zero-order valence-corrected chi connectivity index (χ0v) is 25.7. The Bertz CT molecular complexity index is 2440. The zero-order chi connectivity index (χ0) is 30.5. The Hall–Kier alpha value is -5.84. The number of benzene rings is 7. The van der Waals surface area contributed by atoms with Crippen LogP contribution < -0.4 is 9.80 Å². The lowest BCUT2D eigenvalue weighted by atomic mass is 10.1. The summed E-state index contributed by atoms with van der Waals surface area (Å²) in [5.74, 6) is 0. The first-order valence-electron chi connectivity index (χ1n) is 15.4. The van der Waals surface area contributed by atoms with Crippen molar-refractivity contribution in [1.29, 1.82) is 0 Å². The summed E-state index contributed by atoms with van der Waals surface area (Å²) in [6.07, 6.45) is 0. The molecule has 0 bridgehead atoms. The lowest BCUT2D eigenvalue weighted by Gasteiger charge is -2.25. The SMILES string of the molecule is c1ccc(N(c2ccc3c(c2)sc2ccccc23)c2ccc3oc4c(N(c5ccccc5)c5ccccc5)cccc4c3c2)cc1. The van der Waals surface area contributed by atoms with Gasteiger partial charge in [-0.25, -0.2) is 0 Å². The summed E-state index contributed by atoms with van der Waals surface area (Å²) >= 11 is 1.84. The summed E-state index contributed by atoms with van der Waals surface area (Å²) < 4.78 is 9.27. The molecular formula is C42H28N2OS. The molecular weight excluding hydrogens is 581 g/mol. The summed E-state index contributed by atoms with van der Waals surface area (Å²) in [4.78, 5) is 4.61. The highest BCUT2D eigenvalue weighted by atomic mass is 32.1. The molecule has 0 saturated heterocycles. The van der Waals surface area contributed by atoms with E-state index in [1.165, 1.54) is 20.2 Å². The van der Waals surface area contributed by atoms with Crippen molar-refractivity contribution in [2.24, 2.45) is 0 Å². The standard InChI is InChI=1S/C42H28N2OS/c1-4-13-29(14-5-1)43(33-23-25-35-34-19-10-11-22-40(34)46-41(35)28-33)32-24-26-39-37(27-32)36-20-12-21-38(42(36)45-39)44(30-15-6-2-7-16-30)31-17-8-3-9-18-31/h1-28H. The Balaban J connectivity index is 1.22. The fraction of sp³-hybridized carbons (Fsp3) is 0. The van der Waals surface area contributed by atoms with Crippen LogP contribution in [0.1, 0.15) is 0 Å². The van der Waals surface area contributed by atoms with Crippen LogP contribution in [0.2, 0.25) is 0 Å². The van der Waals surface area contributed by atoms with Crippen molar-refractivity contribution in [2.45, 2.75) is 0 Å². The number of para-hydroxylation sites is 4. The number of hydrogen-bond acceptors (Lipinski definition) is 4. The topological polar surface area (TPSA) is 19.6 Å². The van der Waals surface area contributed by atoms with Crippen molar-refractivity contribution >= 4 is 87.6 Å². The predicted octanol–water partition coefficient (Wildman–Crippen LogP) is 12.9. The third-order valence-corrected chi connectivity index (χ3v) is 9.76. The van der Waals surface area contributed by atoms with Gasteiger partial charge in [-0.2, -0.15) is 0 Å². The van der Waals surface area contributed by atoms with E-state index in [0.717, 1.165) is 56.1 Å². The Morgan fingerprint density at radius 1 is 0.370 bits per heavy atom. The van der Waals surface area contributed by atoms with Gasteiger partial charge in [0.1, 0.15) is 5.58 Å². The molecule has 2 heterocycles. The van der Waals surface area contributed by atoms with Gasteiger partial charge in [-0.15, -0.1) is 11.3 Å². The van der Waals surface area contributed by atoms with Gasteiger partial charge in [0.05, 0.1) is 5.69 Å². The van der Waals surface area contributed by atoms with Crippen LogP contribution >= 0.6 is 11.3 Å². The van der Waals surface area contributed by atoms with Gasteiger partial charge < -0.3 is 14.2 Å². The second-order valence-corrected chi connectivity index (χ2v) is 12.5. The maximum atomic E-state index is 6.69. The first-order valence-corrected chi connectivity index (χ1v) is 16.3. The summed E-state index contributed by atoms with van der Waals surface area (Å²) in [5.41, 5.74) is 8.19. The molecule has 0 unspecified atom stereocenters. The molecule has 4 heteroatoms. The molecule has 7 aromatic carbocycles. The number of nitrogens with zero attached hydrogens (tertiary/aromatic N) is 2. The quantitative estimate of drug-likeness (QED) is 0.187. The first kappa shape index (κ1) is 26.6. The number of hydrogen-bond donors (Lipinski definition) is 0. The van der Waals surface area contributed by atoms with E-state index in [4.69, 9.17) is 4.42 Å². The minimum atomic E-state index is 0.861. The molecule has 9 rings (SSSR count). The molecule has 0 aliphatic rings. The summed E-state index contributed by atoms with van der Waals surface area (Å²) in [5, 5.41) is 4.77. The number of rotatable bonds is 6. The monoisotopic (exact) mass is 608 g/mol. The molecule has 2 aromatic heterocycles. The fourth-order valence-electron chi connectivity index (χ4n) is 6.55. The number of furan rings is 1. The van der Waals surface area contributed by atoms with E-state index in [1.54, 1.807) is 0 Å². The third-order valence-electron chi connectivity index (χ3n) is 8.62. The van der Waals surface area contributed by atoms with Gasteiger partial charge in [-0.3, -0.25) is 0 Å². The molecule has 218 valence electrons. The van der Waals surface area contributed by atoms with Crippen LogP contribution in [0.25, 0.3) is 42.1 Å². The van der Waals surface area contributed by atoms with Crippen LogP contribution in [0.5, 0.6) is 0 Å². The smallest absolute Gasteiger partial charge is 0.159 e. The average molecular weight is 609 g/mol. The van der Waals surface area contributed by atoms with Crippen LogP contribution in [-0.2, 0) is 0 Å². The molecule has 0 aliphatic heterocycles. The van der Waals surface area contributed by atoms with E-state index in [-0.39, 0.29) is 0 Å². The highest BCUT2D eigenvalue weighted by molar-refractivity contribution is 7.25. The van der Waals surface area contributed by atoms with Gasteiger partial charge in [0.15, 0.2) is 5.58 Å². The zero-order valence-electron chi connectivity index (χ0n) is 24.9. The maximum Gasteiger partial charge on any atom is 0.159 e. The molecule has 0 atom stereocenters. The average Bonchev–Trinajstić information content (AvgIpc) is 3.68. The van der Waals surface area contributed by atoms with Crippen LogP contribution in [-0.4, -0.2) is 0 Å². The Labute approximate surface area is 270 Å². The van der Waals surface area contributed by atoms with Crippen LogP contribution in [0, 0.1) is 0 Å². The summed E-state index contributed by atoms with van der Waals surface area (Å²) in [7, 11) is 0. The van der Waals surface area contributed by atoms with Crippen molar-refractivity contribution in [3.05, 3.63) is 170 Å². The van der Waals surface area contributed by atoms with Gasteiger partial charge in [0.25, 0.3) is 0 Å². The molecule has 0 saturated carbocycles. The number of fused-ring (bicyclic) bond motifs is 6. The predicted molar refractivity (Wildman–Crippen MR) is 196 cm³/mol. The lowest BCUT2D eigenvalue weighted by molar-refractivity contribution is 0.669. The van der Waals surface area contributed by atoms with E-state index >= 15 is 0 Å². The minimum absolute atomic E-state index is 0.861. The van der Waals surface area contributed by atoms with Crippen molar-refractivity contribution in [3.63, 3.8) is 0 Å². The Morgan fingerprint density at radius 2 is 0.935 bits per heavy atom. The molecule has 0 radical (unpaired) electrons. The fourth-order valence-corrected chi connectivity index (χ4v) is 7.69. The molecule has 0 N–H and O–H groups in total. The van der Waals surface area contributed by atoms with Gasteiger partial charge in [-0.1, -0.05) is 91.0 Å². The molecule has 0 aliphatic carbocycles. The van der Waals surface area contributed by atoms with E-state index in [2.05, 4.69) is 168 Å². The minimum Gasteiger partial charge on any atom is -0.454 e. The van der Waals surface area contributed by atoms with Gasteiger partial charge >= 0.3 is 0 Å². The highest BCUT2D eigenvalue weighted by Gasteiger charge is 2.21. The Kier molecular flexibility index (Phi) is 6.32. The number of thiophene rings is 1. The molecule has 46 heavy (non-hydrogen) atoms.